The molecule has 4 saturated carbocycles. The van der Waals surface area contributed by atoms with Crippen molar-refractivity contribution in [3.8, 4) is 0 Å². The van der Waals surface area contributed by atoms with Gasteiger partial charge < -0.3 is 0 Å². The summed E-state index contributed by atoms with van der Waals surface area (Å²) in [6, 6.07) is 0. The summed E-state index contributed by atoms with van der Waals surface area (Å²) in [7, 11) is 0. The van der Waals surface area contributed by atoms with Crippen molar-refractivity contribution in [2.75, 3.05) is 0 Å². The summed E-state index contributed by atoms with van der Waals surface area (Å²) in [5.41, 5.74) is 0.0267. The van der Waals surface area contributed by atoms with Crippen LogP contribution in [0.1, 0.15) is 79.1 Å². The summed E-state index contributed by atoms with van der Waals surface area (Å²) < 4.78 is 0. The van der Waals surface area contributed by atoms with E-state index in [1.807, 2.05) is 0 Å². The molecule has 0 N–H and O–H groups in total. The molecule has 4 aliphatic carbocycles. The minimum Gasteiger partial charge on any atom is -0.300 e. The molecule has 0 saturated heterocycles. The topological polar surface area (TPSA) is 34.1 Å². The van der Waals surface area contributed by atoms with Crippen molar-refractivity contribution in [1.29, 1.82) is 0 Å². The normalized spacial score (nSPS) is 53.9. The molecule has 4 aliphatic rings. The van der Waals surface area contributed by atoms with E-state index in [4.69, 9.17) is 0 Å². The summed E-state index contributed by atoms with van der Waals surface area (Å²) >= 11 is 0. The second-order valence-electron chi connectivity index (χ2n) is 10.2. The molecule has 0 aromatic carbocycles. The van der Waals surface area contributed by atoms with Gasteiger partial charge in [0.25, 0.3) is 0 Å². The molecule has 0 amide bonds. The number of rotatable bonds is 1. The van der Waals surface area contributed by atoms with E-state index in [-0.39, 0.29) is 17.1 Å². The Morgan fingerprint density at radius 2 is 1.79 bits per heavy atom. The Balaban J connectivity index is 1.68. The van der Waals surface area contributed by atoms with Crippen LogP contribution < -0.4 is 0 Å². The maximum absolute atomic E-state index is 13.3. The van der Waals surface area contributed by atoms with Crippen molar-refractivity contribution in [3.05, 3.63) is 0 Å². The number of fused-ring (bicyclic) bond motifs is 5. The van der Waals surface area contributed by atoms with Crippen LogP contribution in [0.3, 0.4) is 0 Å². The molecule has 134 valence electrons. The smallest absolute Gasteiger partial charge is 0.140 e. The van der Waals surface area contributed by atoms with E-state index >= 15 is 0 Å². The van der Waals surface area contributed by atoms with Crippen LogP contribution in [0.5, 0.6) is 0 Å². The largest absolute Gasteiger partial charge is 0.300 e. The highest BCUT2D eigenvalue weighted by molar-refractivity contribution is 5.93. The van der Waals surface area contributed by atoms with Crippen LogP contribution in [0.4, 0.5) is 0 Å². The van der Waals surface area contributed by atoms with Gasteiger partial charge in [0, 0.05) is 17.8 Å². The summed E-state index contributed by atoms with van der Waals surface area (Å²) in [5.74, 6) is 4.09. The fraction of sp³-hybridized carbons (Fsp3) is 0.909. The Bertz CT molecular complexity index is 566. The number of hydrogen-bond donors (Lipinski definition) is 0. The molecular formula is C22H34O2. The Morgan fingerprint density at radius 1 is 1.04 bits per heavy atom. The number of hydrogen-bond acceptors (Lipinski definition) is 2. The summed E-state index contributed by atoms with van der Waals surface area (Å²) in [4.78, 5) is 25.5. The lowest BCUT2D eigenvalue weighted by Crippen LogP contribution is -2.57. The lowest BCUT2D eigenvalue weighted by molar-refractivity contribution is -0.159. The van der Waals surface area contributed by atoms with Gasteiger partial charge in [0.15, 0.2) is 0 Å². The highest BCUT2D eigenvalue weighted by Gasteiger charge is 2.64. The third kappa shape index (κ3) is 2.07. The first-order valence-corrected chi connectivity index (χ1v) is 10.3. The highest BCUT2D eigenvalue weighted by Crippen LogP contribution is 2.66. The number of ketones is 2. The van der Waals surface area contributed by atoms with Crippen molar-refractivity contribution >= 4 is 11.6 Å². The van der Waals surface area contributed by atoms with E-state index in [2.05, 4.69) is 20.8 Å². The predicted octanol–water partition coefficient (Wildman–Crippen LogP) is 5.05. The molecule has 8 atom stereocenters. The minimum atomic E-state index is -0.349. The van der Waals surface area contributed by atoms with Crippen molar-refractivity contribution in [2.24, 2.45) is 46.3 Å². The zero-order valence-corrected chi connectivity index (χ0v) is 15.9. The molecule has 2 nitrogen and oxygen atoms in total. The van der Waals surface area contributed by atoms with Gasteiger partial charge >= 0.3 is 0 Å². The molecule has 0 aliphatic heterocycles. The van der Waals surface area contributed by atoms with Gasteiger partial charge in [-0.2, -0.15) is 0 Å². The van der Waals surface area contributed by atoms with Crippen LogP contribution in [0.25, 0.3) is 0 Å². The van der Waals surface area contributed by atoms with Gasteiger partial charge in [0.05, 0.1) is 0 Å². The lowest BCUT2D eigenvalue weighted by atomic mass is 9.44. The van der Waals surface area contributed by atoms with Crippen LogP contribution >= 0.6 is 0 Å². The molecule has 8 unspecified atom stereocenters. The maximum atomic E-state index is 13.3. The molecular weight excluding hydrogens is 296 g/mol. The molecule has 0 heterocycles. The molecule has 0 aromatic heterocycles. The summed E-state index contributed by atoms with van der Waals surface area (Å²) in [6.45, 7) is 8.77. The number of Topliss-reactive ketones (excluding diaryl/α,β-unsaturated/α-hetero) is 2. The Labute approximate surface area is 147 Å². The zero-order valence-electron chi connectivity index (χ0n) is 15.9. The predicted molar refractivity (Wildman–Crippen MR) is 95.5 cm³/mol. The van der Waals surface area contributed by atoms with Crippen LogP contribution in [0, 0.1) is 46.3 Å². The average Bonchev–Trinajstić information content (AvgIpc) is 2.88. The highest BCUT2D eigenvalue weighted by atomic mass is 16.1. The van der Waals surface area contributed by atoms with Crippen LogP contribution in [-0.2, 0) is 9.59 Å². The first kappa shape index (κ1) is 16.8. The molecule has 0 spiro atoms. The second-order valence-corrected chi connectivity index (χ2v) is 10.2. The minimum absolute atomic E-state index is 0.00661. The van der Waals surface area contributed by atoms with Crippen molar-refractivity contribution in [3.63, 3.8) is 0 Å². The molecule has 2 heteroatoms. The lowest BCUT2D eigenvalue weighted by Gasteiger charge is -2.60. The van der Waals surface area contributed by atoms with Gasteiger partial charge in [-0.25, -0.2) is 0 Å². The number of carbonyl (C=O) groups is 2. The van der Waals surface area contributed by atoms with E-state index < -0.39 is 0 Å². The molecule has 0 aromatic rings. The number of carbonyl (C=O) groups excluding carboxylic acids is 2. The molecule has 4 rings (SSSR count). The van der Waals surface area contributed by atoms with Gasteiger partial charge in [0.1, 0.15) is 11.6 Å². The van der Waals surface area contributed by atoms with E-state index in [1.54, 1.807) is 6.92 Å². The van der Waals surface area contributed by atoms with Crippen molar-refractivity contribution < 1.29 is 9.59 Å². The Morgan fingerprint density at radius 3 is 2.50 bits per heavy atom. The van der Waals surface area contributed by atoms with E-state index in [1.165, 1.54) is 32.1 Å². The SMILES string of the molecule is CC(=O)C1CCC2C3CCC4CC(C)CCC4(C)C3CC(=O)C12C. The average molecular weight is 331 g/mol. The summed E-state index contributed by atoms with van der Waals surface area (Å²) in [5, 5.41) is 0. The maximum Gasteiger partial charge on any atom is 0.140 e. The molecule has 0 bridgehead atoms. The van der Waals surface area contributed by atoms with Gasteiger partial charge in [0.2, 0.25) is 0 Å². The third-order valence-electron chi connectivity index (χ3n) is 9.28. The third-order valence-corrected chi connectivity index (χ3v) is 9.28. The molecule has 24 heavy (non-hydrogen) atoms. The van der Waals surface area contributed by atoms with Crippen LogP contribution in [0.2, 0.25) is 0 Å². The summed E-state index contributed by atoms with van der Waals surface area (Å²) in [6.07, 6.45) is 9.47. The zero-order chi connectivity index (χ0) is 17.3. The van der Waals surface area contributed by atoms with E-state index in [0.717, 1.165) is 31.1 Å². The standard InChI is InChI=1S/C22H34O2/c1-13-9-10-21(3)15(11-13)5-6-16-18-8-7-17(14(2)23)22(18,4)20(24)12-19(16)21/h13,15-19H,5-12H2,1-4H3. The Kier molecular flexibility index (Phi) is 3.79. The van der Waals surface area contributed by atoms with Gasteiger partial charge in [-0.05, 0) is 80.5 Å². The monoisotopic (exact) mass is 330 g/mol. The van der Waals surface area contributed by atoms with Crippen LogP contribution in [0.15, 0.2) is 0 Å². The van der Waals surface area contributed by atoms with Gasteiger partial charge in [-0.3, -0.25) is 9.59 Å². The van der Waals surface area contributed by atoms with Gasteiger partial charge in [-0.1, -0.05) is 27.2 Å². The van der Waals surface area contributed by atoms with E-state index in [0.29, 0.717) is 29.0 Å². The van der Waals surface area contributed by atoms with Gasteiger partial charge in [-0.15, -0.1) is 0 Å². The second kappa shape index (κ2) is 5.42. The van der Waals surface area contributed by atoms with Crippen LogP contribution in [-0.4, -0.2) is 11.6 Å². The van der Waals surface area contributed by atoms with E-state index in [9.17, 15) is 9.59 Å². The Hall–Kier alpha value is -0.660. The van der Waals surface area contributed by atoms with Crippen molar-refractivity contribution in [1.82, 2.24) is 0 Å². The fourth-order valence-electron chi connectivity index (χ4n) is 7.83. The molecule has 4 fully saturated rings. The molecule has 0 radical (unpaired) electrons. The first-order valence-electron chi connectivity index (χ1n) is 10.3. The quantitative estimate of drug-likeness (QED) is 0.674. The fourth-order valence-corrected chi connectivity index (χ4v) is 7.83. The first-order chi connectivity index (χ1) is 11.3. The van der Waals surface area contributed by atoms with Crippen molar-refractivity contribution in [2.45, 2.75) is 79.1 Å².